The number of rotatable bonds is 12. The number of phenolic OH excluding ortho intramolecular Hbond substituents is 1. The second-order valence-electron chi connectivity index (χ2n) is 6.75. The van der Waals surface area contributed by atoms with Crippen molar-refractivity contribution in [3.05, 3.63) is 29.8 Å². The Morgan fingerprint density at radius 3 is 2.26 bits per heavy atom. The topological polar surface area (TPSA) is 209 Å². The quantitative estimate of drug-likeness (QED) is 0.112. The van der Waals surface area contributed by atoms with E-state index in [0.717, 1.165) is 0 Å². The van der Waals surface area contributed by atoms with Gasteiger partial charge in [-0.25, -0.2) is 4.79 Å². The number of nitrogens with zero attached hydrogens (tertiary/aromatic N) is 1. The maximum Gasteiger partial charge on any atom is 0.326 e. The molecule has 0 aliphatic heterocycles. The number of aromatic hydroxyl groups is 1. The number of carboxylic acid groups (broad SMARTS) is 1. The molecular weight excluding hydrogens is 408 g/mol. The molecule has 0 aromatic heterocycles. The molecule has 0 saturated heterocycles. The molecule has 0 spiro atoms. The summed E-state index contributed by atoms with van der Waals surface area (Å²) in [5.41, 5.74) is 11.1. The number of carbonyl (C=O) groups excluding carboxylic acids is 3. The Labute approximate surface area is 179 Å². The van der Waals surface area contributed by atoms with E-state index in [4.69, 9.17) is 11.5 Å². The van der Waals surface area contributed by atoms with Crippen molar-refractivity contribution < 1.29 is 29.4 Å². The van der Waals surface area contributed by atoms with Gasteiger partial charge in [-0.2, -0.15) is 0 Å². The lowest BCUT2D eigenvalue weighted by atomic mass is 10.0. The van der Waals surface area contributed by atoms with Crippen LogP contribution >= 0.6 is 0 Å². The average Bonchev–Trinajstić information content (AvgIpc) is 2.69. The third-order valence-electron chi connectivity index (χ3n) is 4.09. The van der Waals surface area contributed by atoms with Crippen molar-refractivity contribution in [2.45, 2.75) is 38.3 Å². The Hall–Kier alpha value is -3.83. The van der Waals surface area contributed by atoms with Crippen LogP contribution in [-0.4, -0.2) is 65.0 Å². The van der Waals surface area contributed by atoms with Gasteiger partial charge < -0.3 is 37.6 Å². The summed E-state index contributed by atoms with van der Waals surface area (Å²) in [6, 6.07) is 3.67. The van der Waals surface area contributed by atoms with Crippen LogP contribution in [0.2, 0.25) is 0 Å². The number of hydrogen-bond acceptors (Lipinski definition) is 6. The molecule has 1 rings (SSSR count). The highest BCUT2D eigenvalue weighted by atomic mass is 16.4. The first-order chi connectivity index (χ1) is 14.6. The Morgan fingerprint density at radius 2 is 1.71 bits per heavy atom. The molecule has 0 bridgehead atoms. The van der Waals surface area contributed by atoms with E-state index in [2.05, 4.69) is 20.9 Å². The van der Waals surface area contributed by atoms with Crippen LogP contribution in [0, 0.1) is 0 Å². The van der Waals surface area contributed by atoms with Gasteiger partial charge in [0.25, 0.3) is 0 Å². The molecule has 2 unspecified atom stereocenters. The Bertz CT molecular complexity index is 807. The standard InChI is InChI=1S/C19H28N6O6/c1-11(26)23-10-16(28)24-15(9-12-4-6-13(27)7-5-12)17(29)25-14(18(30)31)3-2-8-22-19(20)21/h4-7,14-15,27H,2-3,8-10H2,1H3,(H,23,26)(H,24,28)(H,25,29)(H,30,31)(H4,20,21,22). The Morgan fingerprint density at radius 1 is 1.06 bits per heavy atom. The molecule has 3 amide bonds. The minimum Gasteiger partial charge on any atom is -0.508 e. The van der Waals surface area contributed by atoms with E-state index >= 15 is 0 Å². The molecule has 0 aliphatic carbocycles. The van der Waals surface area contributed by atoms with Gasteiger partial charge in [0.2, 0.25) is 17.7 Å². The van der Waals surface area contributed by atoms with Gasteiger partial charge in [-0.15, -0.1) is 0 Å². The maximum atomic E-state index is 12.8. The van der Waals surface area contributed by atoms with Gasteiger partial charge in [0, 0.05) is 19.9 Å². The lowest BCUT2D eigenvalue weighted by Crippen LogP contribution is -2.53. The van der Waals surface area contributed by atoms with Crippen molar-refractivity contribution in [2.75, 3.05) is 13.1 Å². The monoisotopic (exact) mass is 436 g/mol. The van der Waals surface area contributed by atoms with Crippen LogP contribution in [0.1, 0.15) is 25.3 Å². The molecule has 1 aromatic rings. The van der Waals surface area contributed by atoms with Crippen molar-refractivity contribution >= 4 is 29.7 Å². The predicted molar refractivity (Wildman–Crippen MR) is 112 cm³/mol. The highest BCUT2D eigenvalue weighted by Gasteiger charge is 2.26. The average molecular weight is 436 g/mol. The van der Waals surface area contributed by atoms with Crippen LogP contribution in [0.4, 0.5) is 0 Å². The Balaban J connectivity index is 2.86. The van der Waals surface area contributed by atoms with Gasteiger partial charge in [-0.3, -0.25) is 19.4 Å². The SMILES string of the molecule is CC(=O)NCC(=O)NC(Cc1ccc(O)cc1)C(=O)NC(CCCN=C(N)N)C(=O)O. The zero-order chi connectivity index (χ0) is 23.4. The number of aliphatic carboxylic acids is 1. The molecule has 0 aliphatic rings. The van der Waals surface area contributed by atoms with E-state index in [1.807, 2.05) is 0 Å². The lowest BCUT2D eigenvalue weighted by molar-refractivity contribution is -0.142. The van der Waals surface area contributed by atoms with Crippen LogP contribution < -0.4 is 27.4 Å². The third kappa shape index (κ3) is 10.5. The molecule has 0 fully saturated rings. The summed E-state index contributed by atoms with van der Waals surface area (Å²) in [5, 5.41) is 26.0. The van der Waals surface area contributed by atoms with Crippen molar-refractivity contribution in [2.24, 2.45) is 16.5 Å². The number of carbonyl (C=O) groups is 4. The molecular formula is C19H28N6O6. The molecule has 31 heavy (non-hydrogen) atoms. The van der Waals surface area contributed by atoms with Crippen molar-refractivity contribution in [3.63, 3.8) is 0 Å². The first-order valence-electron chi connectivity index (χ1n) is 9.48. The van der Waals surface area contributed by atoms with Crippen LogP contribution in [0.3, 0.4) is 0 Å². The number of nitrogens with two attached hydrogens (primary N) is 2. The number of aliphatic imine (C=N–C) groups is 1. The van der Waals surface area contributed by atoms with Crippen LogP contribution in [0.25, 0.3) is 0 Å². The smallest absolute Gasteiger partial charge is 0.326 e. The second-order valence-corrected chi connectivity index (χ2v) is 6.75. The van der Waals surface area contributed by atoms with Gasteiger partial charge in [-0.05, 0) is 30.5 Å². The lowest BCUT2D eigenvalue weighted by Gasteiger charge is -2.22. The summed E-state index contributed by atoms with van der Waals surface area (Å²) in [4.78, 5) is 51.1. The van der Waals surface area contributed by atoms with Crippen molar-refractivity contribution in [1.82, 2.24) is 16.0 Å². The zero-order valence-corrected chi connectivity index (χ0v) is 17.1. The summed E-state index contributed by atoms with van der Waals surface area (Å²) < 4.78 is 0. The summed E-state index contributed by atoms with van der Waals surface area (Å²) in [5.74, 6) is -3.07. The van der Waals surface area contributed by atoms with Crippen molar-refractivity contribution in [1.29, 1.82) is 0 Å². The van der Waals surface area contributed by atoms with Gasteiger partial charge in [0.1, 0.15) is 17.8 Å². The number of benzene rings is 1. The van der Waals surface area contributed by atoms with Crippen LogP contribution in [0.5, 0.6) is 5.75 Å². The van der Waals surface area contributed by atoms with Gasteiger partial charge >= 0.3 is 5.97 Å². The van der Waals surface area contributed by atoms with E-state index in [0.29, 0.717) is 12.0 Å². The highest BCUT2D eigenvalue weighted by Crippen LogP contribution is 2.12. The first-order valence-corrected chi connectivity index (χ1v) is 9.48. The molecule has 9 N–H and O–H groups in total. The Kier molecular flexibility index (Phi) is 10.3. The number of hydrogen-bond donors (Lipinski definition) is 7. The summed E-state index contributed by atoms with van der Waals surface area (Å²) >= 11 is 0. The molecule has 0 saturated carbocycles. The van der Waals surface area contributed by atoms with Crippen LogP contribution in [0.15, 0.2) is 29.3 Å². The van der Waals surface area contributed by atoms with Crippen LogP contribution in [-0.2, 0) is 25.6 Å². The molecule has 1 aromatic carbocycles. The minimum atomic E-state index is -1.24. The van der Waals surface area contributed by atoms with E-state index < -0.39 is 35.8 Å². The number of guanidine groups is 1. The number of carboxylic acids is 1. The zero-order valence-electron chi connectivity index (χ0n) is 17.1. The summed E-state index contributed by atoms with van der Waals surface area (Å²) in [6.07, 6.45) is 0.425. The van der Waals surface area contributed by atoms with E-state index in [-0.39, 0.29) is 37.6 Å². The fraction of sp³-hybridized carbons (Fsp3) is 0.421. The largest absolute Gasteiger partial charge is 0.508 e. The minimum absolute atomic E-state index is 0.0335. The molecule has 0 heterocycles. The van der Waals surface area contributed by atoms with Gasteiger partial charge in [-0.1, -0.05) is 12.1 Å². The molecule has 0 radical (unpaired) electrons. The van der Waals surface area contributed by atoms with Crippen molar-refractivity contribution in [3.8, 4) is 5.75 Å². The van der Waals surface area contributed by atoms with E-state index in [1.165, 1.54) is 19.1 Å². The number of amides is 3. The van der Waals surface area contributed by atoms with Gasteiger partial charge in [0.15, 0.2) is 5.96 Å². The van der Waals surface area contributed by atoms with E-state index in [9.17, 15) is 29.4 Å². The molecule has 12 heteroatoms. The predicted octanol–water partition coefficient (Wildman–Crippen LogP) is -1.82. The summed E-state index contributed by atoms with van der Waals surface area (Å²) in [7, 11) is 0. The molecule has 12 nitrogen and oxygen atoms in total. The first kappa shape index (κ1) is 25.2. The normalized spacial score (nSPS) is 12.2. The fourth-order valence-electron chi connectivity index (χ4n) is 2.56. The number of phenols is 1. The maximum absolute atomic E-state index is 12.8. The molecule has 2 atom stereocenters. The number of nitrogens with one attached hydrogen (secondary N) is 3. The third-order valence-corrected chi connectivity index (χ3v) is 4.09. The molecule has 170 valence electrons. The highest BCUT2D eigenvalue weighted by molar-refractivity contribution is 5.92. The van der Waals surface area contributed by atoms with E-state index in [1.54, 1.807) is 12.1 Å². The second kappa shape index (κ2) is 12.7. The summed E-state index contributed by atoms with van der Waals surface area (Å²) in [6.45, 7) is 1.11. The van der Waals surface area contributed by atoms with Gasteiger partial charge in [0.05, 0.1) is 6.54 Å². The fourth-order valence-corrected chi connectivity index (χ4v) is 2.56.